The second kappa shape index (κ2) is 7.95. The molecule has 2 amide bonds. The van der Waals surface area contributed by atoms with Crippen molar-refractivity contribution < 1.29 is 14.3 Å². The Morgan fingerprint density at radius 1 is 1.28 bits per heavy atom. The number of nitrogens with one attached hydrogen (secondary N) is 2. The number of hydrogen-bond donors (Lipinski definition) is 2. The molecule has 0 radical (unpaired) electrons. The lowest BCUT2D eigenvalue weighted by molar-refractivity contribution is -0.119. The van der Waals surface area contributed by atoms with E-state index in [9.17, 15) is 9.59 Å². The van der Waals surface area contributed by atoms with Crippen LogP contribution in [0.3, 0.4) is 0 Å². The van der Waals surface area contributed by atoms with Gasteiger partial charge >= 0.3 is 6.09 Å². The molecule has 0 saturated carbocycles. The number of carbonyl (C=O) groups excluding carboxylic acids is 2. The van der Waals surface area contributed by atoms with Crippen LogP contribution in [0.15, 0.2) is 0 Å². The van der Waals surface area contributed by atoms with E-state index in [0.717, 1.165) is 12.8 Å². The number of rotatable bonds is 7. The van der Waals surface area contributed by atoms with E-state index in [1.165, 1.54) is 14.0 Å². The maximum atomic E-state index is 10.9. The van der Waals surface area contributed by atoms with Crippen molar-refractivity contribution in [3.63, 3.8) is 0 Å². The van der Waals surface area contributed by atoms with Gasteiger partial charge in [-0.2, -0.15) is 0 Å². The van der Waals surface area contributed by atoms with E-state index in [1.54, 1.807) is 0 Å². The summed E-state index contributed by atoms with van der Waals surface area (Å²) in [6.07, 6.45) is 1.51. The van der Waals surface area contributed by atoms with Crippen LogP contribution in [0.2, 0.25) is 0 Å². The quantitative estimate of drug-likeness (QED) is 0.733. The van der Waals surface area contributed by atoms with Crippen LogP contribution >= 0.6 is 0 Å². The Hall–Kier alpha value is -1.26. The number of carbonyl (C=O) groups is 2. The molecule has 0 spiro atoms. The van der Waals surface area contributed by atoms with Crippen molar-refractivity contribution in [2.75, 3.05) is 20.2 Å². The molecule has 0 rings (SSSR count). The average Bonchev–Trinajstić information content (AvgIpc) is 2.25. The van der Waals surface area contributed by atoms with Crippen molar-refractivity contribution in [1.29, 1.82) is 0 Å². The summed E-state index contributed by atoms with van der Waals surface area (Å²) in [4.78, 5) is 21.8. The minimum atomic E-state index is -0.389. The molecule has 0 aliphatic rings. The number of hydrogen-bond acceptors (Lipinski definition) is 3. The normalized spacial score (nSPS) is 12.7. The van der Waals surface area contributed by atoms with Crippen molar-refractivity contribution >= 4 is 12.0 Å². The minimum Gasteiger partial charge on any atom is -0.453 e. The molecule has 0 aromatic rings. The highest BCUT2D eigenvalue weighted by atomic mass is 16.5. The Kier molecular flexibility index (Phi) is 7.39. The first-order valence-electron chi connectivity index (χ1n) is 6.33. The standard InChI is InChI=1S/C13H26N2O3/c1-10(6-7-14-12(17)18-5)8-13(3,4)9-15-11(2)16/h10H,6-9H2,1-5H3,(H,14,17)(H,15,16). The van der Waals surface area contributed by atoms with Crippen LogP contribution in [0.5, 0.6) is 0 Å². The van der Waals surface area contributed by atoms with Crippen LogP contribution in [0.25, 0.3) is 0 Å². The lowest BCUT2D eigenvalue weighted by Crippen LogP contribution is -2.34. The lowest BCUT2D eigenvalue weighted by Gasteiger charge is -2.28. The summed E-state index contributed by atoms with van der Waals surface area (Å²) in [5, 5.41) is 5.51. The smallest absolute Gasteiger partial charge is 0.406 e. The summed E-state index contributed by atoms with van der Waals surface area (Å²) < 4.78 is 4.50. The monoisotopic (exact) mass is 258 g/mol. The van der Waals surface area contributed by atoms with Crippen LogP contribution in [0.1, 0.15) is 40.5 Å². The SMILES string of the molecule is COC(=O)NCCC(C)CC(C)(C)CNC(C)=O. The summed E-state index contributed by atoms with van der Waals surface area (Å²) in [6, 6.07) is 0. The van der Waals surface area contributed by atoms with Crippen molar-refractivity contribution in [1.82, 2.24) is 10.6 Å². The van der Waals surface area contributed by atoms with Crippen molar-refractivity contribution in [2.24, 2.45) is 11.3 Å². The molecular formula is C13H26N2O3. The minimum absolute atomic E-state index is 0.00286. The Morgan fingerprint density at radius 3 is 2.39 bits per heavy atom. The Morgan fingerprint density at radius 2 is 1.89 bits per heavy atom. The first kappa shape index (κ1) is 16.7. The molecule has 0 aliphatic heterocycles. The van der Waals surface area contributed by atoms with E-state index in [1.807, 2.05) is 0 Å². The molecule has 5 heteroatoms. The molecule has 0 heterocycles. The predicted molar refractivity (Wildman–Crippen MR) is 71.3 cm³/mol. The number of ether oxygens (including phenoxy) is 1. The molecule has 0 aromatic heterocycles. The molecule has 1 unspecified atom stereocenters. The fourth-order valence-electron chi connectivity index (χ4n) is 1.97. The molecule has 0 aliphatic carbocycles. The fourth-order valence-corrected chi connectivity index (χ4v) is 1.97. The summed E-state index contributed by atoms with van der Waals surface area (Å²) in [5.41, 5.74) is 0.0658. The van der Waals surface area contributed by atoms with Crippen LogP contribution in [0.4, 0.5) is 4.79 Å². The lowest BCUT2D eigenvalue weighted by atomic mass is 9.82. The maximum Gasteiger partial charge on any atom is 0.406 e. The highest BCUT2D eigenvalue weighted by molar-refractivity contribution is 5.72. The van der Waals surface area contributed by atoms with Crippen LogP contribution in [0, 0.1) is 11.3 Å². The molecule has 5 nitrogen and oxygen atoms in total. The highest BCUT2D eigenvalue weighted by Crippen LogP contribution is 2.26. The van der Waals surface area contributed by atoms with Gasteiger partial charge in [-0.1, -0.05) is 20.8 Å². The molecule has 0 fully saturated rings. The first-order valence-corrected chi connectivity index (χ1v) is 6.33. The zero-order valence-electron chi connectivity index (χ0n) is 12.1. The third kappa shape index (κ3) is 8.84. The second-order valence-electron chi connectivity index (χ2n) is 5.59. The maximum absolute atomic E-state index is 10.9. The summed E-state index contributed by atoms with van der Waals surface area (Å²) >= 11 is 0. The van der Waals surface area contributed by atoms with E-state index in [2.05, 4.69) is 36.1 Å². The Balaban J connectivity index is 3.87. The van der Waals surface area contributed by atoms with E-state index >= 15 is 0 Å². The van der Waals surface area contributed by atoms with Gasteiger partial charge in [-0.3, -0.25) is 4.79 Å². The molecule has 0 saturated heterocycles. The third-order valence-electron chi connectivity index (χ3n) is 2.81. The molecule has 106 valence electrons. The van der Waals surface area contributed by atoms with E-state index in [-0.39, 0.29) is 17.4 Å². The Bertz CT molecular complexity index is 277. The molecule has 0 aromatic carbocycles. The molecular weight excluding hydrogens is 232 g/mol. The molecule has 18 heavy (non-hydrogen) atoms. The topological polar surface area (TPSA) is 67.4 Å². The van der Waals surface area contributed by atoms with Crippen LogP contribution < -0.4 is 10.6 Å². The van der Waals surface area contributed by atoms with Crippen molar-refractivity contribution in [2.45, 2.75) is 40.5 Å². The van der Waals surface area contributed by atoms with Gasteiger partial charge in [0, 0.05) is 20.0 Å². The van der Waals surface area contributed by atoms with Gasteiger partial charge in [0.05, 0.1) is 7.11 Å². The van der Waals surface area contributed by atoms with Gasteiger partial charge in [0.15, 0.2) is 0 Å². The second-order valence-corrected chi connectivity index (χ2v) is 5.59. The third-order valence-corrected chi connectivity index (χ3v) is 2.81. The molecule has 0 bridgehead atoms. The summed E-state index contributed by atoms with van der Waals surface area (Å²) in [7, 11) is 1.36. The molecule has 2 N–H and O–H groups in total. The largest absolute Gasteiger partial charge is 0.453 e. The van der Waals surface area contributed by atoms with Crippen LogP contribution in [-0.2, 0) is 9.53 Å². The van der Waals surface area contributed by atoms with Crippen molar-refractivity contribution in [3.8, 4) is 0 Å². The molecule has 1 atom stereocenters. The van der Waals surface area contributed by atoms with Gasteiger partial charge in [-0.15, -0.1) is 0 Å². The fraction of sp³-hybridized carbons (Fsp3) is 0.846. The Labute approximate surface area is 110 Å². The van der Waals surface area contributed by atoms with Gasteiger partial charge in [-0.05, 0) is 24.2 Å². The van der Waals surface area contributed by atoms with Gasteiger partial charge in [-0.25, -0.2) is 4.79 Å². The van der Waals surface area contributed by atoms with Gasteiger partial charge in [0.25, 0.3) is 0 Å². The number of methoxy groups -OCH3 is 1. The predicted octanol–water partition coefficient (Wildman–Crippen LogP) is 1.92. The van der Waals surface area contributed by atoms with E-state index in [0.29, 0.717) is 19.0 Å². The van der Waals surface area contributed by atoms with Gasteiger partial charge in [0.2, 0.25) is 5.91 Å². The summed E-state index contributed by atoms with van der Waals surface area (Å²) in [5.74, 6) is 0.481. The van der Waals surface area contributed by atoms with Crippen molar-refractivity contribution in [3.05, 3.63) is 0 Å². The zero-order chi connectivity index (χ0) is 14.2. The van der Waals surface area contributed by atoms with Gasteiger partial charge in [0.1, 0.15) is 0 Å². The van der Waals surface area contributed by atoms with E-state index < -0.39 is 0 Å². The first-order chi connectivity index (χ1) is 8.26. The highest BCUT2D eigenvalue weighted by Gasteiger charge is 2.21. The zero-order valence-corrected chi connectivity index (χ0v) is 12.1. The number of amides is 2. The van der Waals surface area contributed by atoms with Crippen LogP contribution in [-0.4, -0.2) is 32.2 Å². The van der Waals surface area contributed by atoms with Gasteiger partial charge < -0.3 is 15.4 Å². The van der Waals surface area contributed by atoms with E-state index in [4.69, 9.17) is 0 Å². The average molecular weight is 258 g/mol. The number of alkyl carbamates (subject to hydrolysis) is 1. The summed E-state index contributed by atoms with van der Waals surface area (Å²) in [6.45, 7) is 9.23.